The molecule has 5 nitrogen and oxygen atoms in total. The lowest BCUT2D eigenvalue weighted by Gasteiger charge is -2.08. The first-order valence-electron chi connectivity index (χ1n) is 10.00. The quantitative estimate of drug-likeness (QED) is 0.387. The molecular weight excluding hydrogens is 451 g/mol. The van der Waals surface area contributed by atoms with Crippen LogP contribution in [0, 0.1) is 17.5 Å². The van der Waals surface area contributed by atoms with Gasteiger partial charge >= 0.3 is 0 Å². The number of rotatable bonds is 8. The minimum atomic E-state index is -0.735. The van der Waals surface area contributed by atoms with E-state index in [9.17, 15) is 18.0 Å². The molecule has 0 fully saturated rings. The summed E-state index contributed by atoms with van der Waals surface area (Å²) in [4.78, 5) is 20.8. The highest BCUT2D eigenvalue weighted by molar-refractivity contribution is 7.13. The van der Waals surface area contributed by atoms with E-state index in [1.807, 2.05) is 18.2 Å². The molecule has 1 N–H and O–H groups in total. The summed E-state index contributed by atoms with van der Waals surface area (Å²) in [5.41, 5.74) is 1.43. The van der Waals surface area contributed by atoms with E-state index in [0.717, 1.165) is 35.2 Å². The van der Waals surface area contributed by atoms with E-state index in [1.54, 1.807) is 11.6 Å². The zero-order valence-corrected chi connectivity index (χ0v) is 18.0. The molecule has 1 amide bonds. The second-order valence-electron chi connectivity index (χ2n) is 7.03. The molecule has 33 heavy (non-hydrogen) atoms. The Hall–Kier alpha value is -3.72. The van der Waals surface area contributed by atoms with Crippen molar-refractivity contribution < 1.29 is 22.7 Å². The zero-order valence-electron chi connectivity index (χ0n) is 17.2. The Kier molecular flexibility index (Phi) is 6.99. The third kappa shape index (κ3) is 5.75. The highest BCUT2D eigenvalue weighted by Gasteiger charge is 2.15. The van der Waals surface area contributed by atoms with Crippen LogP contribution < -0.4 is 10.1 Å². The van der Waals surface area contributed by atoms with Crippen molar-refractivity contribution in [2.24, 2.45) is 0 Å². The molecular formula is C24H18F3N3O2S. The summed E-state index contributed by atoms with van der Waals surface area (Å²) in [5, 5.41) is 4.68. The van der Waals surface area contributed by atoms with Crippen LogP contribution in [-0.4, -0.2) is 22.4 Å². The topological polar surface area (TPSA) is 64.1 Å². The Labute approximate surface area is 191 Å². The smallest absolute Gasteiger partial charge is 0.270 e. The third-order valence-corrected chi connectivity index (χ3v) is 5.59. The van der Waals surface area contributed by atoms with Crippen molar-refractivity contribution in [3.8, 4) is 16.3 Å². The summed E-state index contributed by atoms with van der Waals surface area (Å²) in [6, 6.07) is 12.9. The molecule has 9 heteroatoms. The molecule has 0 aliphatic rings. The molecule has 0 atom stereocenters. The Morgan fingerprint density at radius 1 is 1.03 bits per heavy atom. The number of carbonyl (C=O) groups excluding carboxylic acids is 1. The summed E-state index contributed by atoms with van der Waals surface area (Å²) in [5.74, 6) is -2.18. The standard InChI is InChI=1S/C24H18F3N3O2S/c25-16-5-4-15(20(26)11-16)13-32-18-6-7-19(21(27)12-18)24-30-22(14-33-24)23(31)29-10-8-17-3-1-2-9-28-17/h1-7,9,11-12,14H,8,10,13H2,(H,29,31). The molecule has 2 heterocycles. The van der Waals surface area contributed by atoms with Gasteiger partial charge in [0.15, 0.2) is 0 Å². The van der Waals surface area contributed by atoms with Gasteiger partial charge in [0.25, 0.3) is 5.91 Å². The number of nitrogens with zero attached hydrogens (tertiary/aromatic N) is 2. The van der Waals surface area contributed by atoms with Crippen LogP contribution >= 0.6 is 11.3 Å². The van der Waals surface area contributed by atoms with E-state index in [0.29, 0.717) is 18.0 Å². The molecule has 0 radical (unpaired) electrons. The summed E-state index contributed by atoms with van der Waals surface area (Å²) in [7, 11) is 0. The zero-order chi connectivity index (χ0) is 23.2. The van der Waals surface area contributed by atoms with Gasteiger partial charge in [0.2, 0.25) is 0 Å². The predicted octanol–water partition coefficient (Wildman–Crippen LogP) is 5.17. The first kappa shape index (κ1) is 22.5. The van der Waals surface area contributed by atoms with Gasteiger partial charge in [-0.25, -0.2) is 18.2 Å². The van der Waals surface area contributed by atoms with Crippen molar-refractivity contribution in [3.63, 3.8) is 0 Å². The lowest BCUT2D eigenvalue weighted by Crippen LogP contribution is -2.26. The van der Waals surface area contributed by atoms with E-state index in [4.69, 9.17) is 4.74 Å². The third-order valence-electron chi connectivity index (χ3n) is 4.71. The van der Waals surface area contributed by atoms with E-state index >= 15 is 0 Å². The number of halogens is 3. The molecule has 4 aromatic rings. The summed E-state index contributed by atoms with van der Waals surface area (Å²) in [6.07, 6.45) is 2.28. The average molecular weight is 469 g/mol. The maximum atomic E-state index is 14.7. The number of hydrogen-bond acceptors (Lipinski definition) is 5. The summed E-state index contributed by atoms with van der Waals surface area (Å²) < 4.78 is 46.8. The SMILES string of the molecule is O=C(NCCc1ccccn1)c1csc(-c2ccc(OCc3ccc(F)cc3F)cc2F)n1. The first-order valence-corrected chi connectivity index (χ1v) is 10.9. The molecule has 0 saturated carbocycles. The van der Waals surface area contributed by atoms with Crippen LogP contribution in [0.4, 0.5) is 13.2 Å². The van der Waals surface area contributed by atoms with Crippen molar-refractivity contribution >= 4 is 17.2 Å². The Bertz CT molecular complexity index is 1270. The van der Waals surface area contributed by atoms with Crippen LogP contribution in [-0.2, 0) is 13.0 Å². The van der Waals surface area contributed by atoms with E-state index in [2.05, 4.69) is 15.3 Å². The van der Waals surface area contributed by atoms with Gasteiger partial charge in [0.05, 0.1) is 0 Å². The number of benzene rings is 2. The van der Waals surface area contributed by atoms with Crippen molar-refractivity contribution in [1.29, 1.82) is 0 Å². The van der Waals surface area contributed by atoms with Gasteiger partial charge < -0.3 is 10.1 Å². The van der Waals surface area contributed by atoms with Crippen molar-refractivity contribution in [1.82, 2.24) is 15.3 Å². The number of nitrogens with one attached hydrogen (secondary N) is 1. The Balaban J connectivity index is 1.36. The molecule has 2 aromatic heterocycles. The van der Waals surface area contributed by atoms with Crippen LogP contribution in [0.5, 0.6) is 5.75 Å². The van der Waals surface area contributed by atoms with Crippen LogP contribution in [0.2, 0.25) is 0 Å². The Morgan fingerprint density at radius 2 is 1.91 bits per heavy atom. The molecule has 0 saturated heterocycles. The first-order chi connectivity index (χ1) is 16.0. The predicted molar refractivity (Wildman–Crippen MR) is 118 cm³/mol. The van der Waals surface area contributed by atoms with E-state index in [1.165, 1.54) is 18.2 Å². The number of aromatic nitrogens is 2. The fraction of sp³-hybridized carbons (Fsp3) is 0.125. The monoisotopic (exact) mass is 469 g/mol. The highest BCUT2D eigenvalue weighted by Crippen LogP contribution is 2.29. The minimum absolute atomic E-state index is 0.152. The van der Waals surface area contributed by atoms with Gasteiger partial charge in [0.1, 0.15) is 40.5 Å². The number of pyridine rings is 1. The molecule has 0 aliphatic carbocycles. The van der Waals surface area contributed by atoms with Gasteiger partial charge in [-0.2, -0.15) is 0 Å². The normalized spacial score (nSPS) is 10.8. The van der Waals surface area contributed by atoms with Crippen LogP contribution in [0.3, 0.4) is 0 Å². The highest BCUT2D eigenvalue weighted by atomic mass is 32.1. The van der Waals surface area contributed by atoms with Crippen LogP contribution in [0.15, 0.2) is 66.2 Å². The van der Waals surface area contributed by atoms with Gasteiger partial charge in [-0.1, -0.05) is 6.07 Å². The van der Waals surface area contributed by atoms with Crippen molar-refractivity contribution in [2.45, 2.75) is 13.0 Å². The summed E-state index contributed by atoms with van der Waals surface area (Å²) >= 11 is 1.14. The van der Waals surface area contributed by atoms with Crippen LogP contribution in [0.1, 0.15) is 21.7 Å². The maximum Gasteiger partial charge on any atom is 0.270 e. The van der Waals surface area contributed by atoms with Crippen molar-refractivity contribution in [3.05, 3.63) is 101 Å². The number of hydrogen-bond donors (Lipinski definition) is 1. The molecule has 0 spiro atoms. The second kappa shape index (κ2) is 10.3. The van der Waals surface area contributed by atoms with Gasteiger partial charge in [-0.15, -0.1) is 11.3 Å². The molecule has 0 unspecified atom stereocenters. The van der Waals surface area contributed by atoms with Gasteiger partial charge in [0, 0.05) is 53.5 Å². The number of thiazole rings is 1. The minimum Gasteiger partial charge on any atom is -0.489 e. The largest absolute Gasteiger partial charge is 0.489 e. The molecule has 2 aromatic carbocycles. The molecule has 0 bridgehead atoms. The lowest BCUT2D eigenvalue weighted by atomic mass is 10.2. The molecule has 0 aliphatic heterocycles. The number of amides is 1. The van der Waals surface area contributed by atoms with E-state index in [-0.39, 0.29) is 35.1 Å². The second-order valence-corrected chi connectivity index (χ2v) is 7.89. The van der Waals surface area contributed by atoms with Gasteiger partial charge in [-0.3, -0.25) is 9.78 Å². The van der Waals surface area contributed by atoms with Crippen molar-refractivity contribution in [2.75, 3.05) is 6.54 Å². The molecule has 4 rings (SSSR count). The van der Waals surface area contributed by atoms with E-state index < -0.39 is 17.5 Å². The Morgan fingerprint density at radius 3 is 2.67 bits per heavy atom. The van der Waals surface area contributed by atoms with Crippen LogP contribution in [0.25, 0.3) is 10.6 Å². The van der Waals surface area contributed by atoms with Gasteiger partial charge in [-0.05, 0) is 36.4 Å². The number of ether oxygens (including phenoxy) is 1. The fourth-order valence-electron chi connectivity index (χ4n) is 3.00. The number of carbonyl (C=O) groups is 1. The lowest BCUT2D eigenvalue weighted by molar-refractivity contribution is 0.0950. The maximum absolute atomic E-state index is 14.7. The average Bonchev–Trinajstić information content (AvgIpc) is 3.29. The molecule has 168 valence electrons. The summed E-state index contributed by atoms with van der Waals surface area (Å²) in [6.45, 7) is 0.225. The fourth-order valence-corrected chi connectivity index (χ4v) is 3.83.